The number of halogens is 2. The summed E-state index contributed by atoms with van der Waals surface area (Å²) in [6.45, 7) is -0.0452. The van der Waals surface area contributed by atoms with Gasteiger partial charge in [-0.3, -0.25) is 4.79 Å². The van der Waals surface area contributed by atoms with Crippen molar-refractivity contribution in [2.45, 2.75) is 6.42 Å². The van der Waals surface area contributed by atoms with Crippen LogP contribution in [-0.4, -0.2) is 17.5 Å². The lowest BCUT2D eigenvalue weighted by Crippen LogP contribution is -2.09. The molecule has 2 rings (SSSR count). The van der Waals surface area contributed by atoms with Gasteiger partial charge in [0.15, 0.2) is 5.78 Å². The van der Waals surface area contributed by atoms with Crippen molar-refractivity contribution in [2.24, 2.45) is 0 Å². The fourth-order valence-electron chi connectivity index (χ4n) is 1.95. The molecule has 0 aliphatic rings. The van der Waals surface area contributed by atoms with E-state index in [1.54, 1.807) is 36.4 Å². The van der Waals surface area contributed by atoms with Crippen LogP contribution in [0, 0.1) is 0 Å². The highest BCUT2D eigenvalue weighted by Gasteiger charge is 2.16. The number of nitrogens with two attached hydrogens (primary N) is 1. The second kappa shape index (κ2) is 6.39. The summed E-state index contributed by atoms with van der Waals surface area (Å²) in [6, 6.07) is 10.3. The highest BCUT2D eigenvalue weighted by Crippen LogP contribution is 2.26. The summed E-state index contributed by atoms with van der Waals surface area (Å²) in [5.74, 6) is -0.184. The zero-order valence-electron chi connectivity index (χ0n) is 10.6. The van der Waals surface area contributed by atoms with Crippen molar-refractivity contribution in [2.75, 3.05) is 12.3 Å². The zero-order chi connectivity index (χ0) is 14.7. The van der Waals surface area contributed by atoms with Crippen molar-refractivity contribution in [3.63, 3.8) is 0 Å². The molecule has 0 fully saturated rings. The van der Waals surface area contributed by atoms with Gasteiger partial charge in [0.25, 0.3) is 0 Å². The number of anilines is 1. The largest absolute Gasteiger partial charge is 0.398 e. The standard InChI is InChI=1S/C15H13BrClNO2/c16-11-3-1-9(2-4-11)15(20)13-8-12(17)7-10(5-6-19)14(13)18/h1-4,7-8,19H,5-6,18H2. The van der Waals surface area contributed by atoms with Crippen LogP contribution in [-0.2, 0) is 6.42 Å². The minimum atomic E-state index is -0.184. The van der Waals surface area contributed by atoms with Gasteiger partial charge in [-0.2, -0.15) is 0 Å². The third kappa shape index (κ3) is 3.20. The summed E-state index contributed by atoms with van der Waals surface area (Å²) in [6.07, 6.45) is 0.368. The predicted molar refractivity (Wildman–Crippen MR) is 84.2 cm³/mol. The van der Waals surface area contributed by atoms with Gasteiger partial charge in [0.05, 0.1) is 0 Å². The number of hydrogen-bond donors (Lipinski definition) is 2. The molecule has 0 atom stereocenters. The molecule has 104 valence electrons. The first-order valence-corrected chi connectivity index (χ1v) is 7.19. The molecule has 0 heterocycles. The van der Waals surface area contributed by atoms with Crippen LogP contribution in [0.1, 0.15) is 21.5 Å². The van der Waals surface area contributed by atoms with Gasteiger partial charge in [-0.1, -0.05) is 27.5 Å². The normalized spacial score (nSPS) is 10.6. The van der Waals surface area contributed by atoms with Gasteiger partial charge >= 0.3 is 0 Å². The third-order valence-corrected chi connectivity index (χ3v) is 3.71. The third-order valence-electron chi connectivity index (χ3n) is 2.96. The number of aliphatic hydroxyl groups excluding tert-OH is 1. The van der Waals surface area contributed by atoms with Crippen LogP contribution in [0.2, 0.25) is 5.02 Å². The van der Waals surface area contributed by atoms with Gasteiger partial charge in [0.2, 0.25) is 0 Å². The van der Waals surface area contributed by atoms with Crippen LogP contribution in [0.15, 0.2) is 40.9 Å². The number of benzene rings is 2. The first-order valence-electron chi connectivity index (χ1n) is 6.02. The van der Waals surface area contributed by atoms with Crippen molar-refractivity contribution < 1.29 is 9.90 Å². The number of carbonyl (C=O) groups excluding carboxylic acids is 1. The fraction of sp³-hybridized carbons (Fsp3) is 0.133. The number of rotatable bonds is 4. The summed E-state index contributed by atoms with van der Waals surface area (Å²) in [4.78, 5) is 12.5. The molecule has 0 aliphatic carbocycles. The molecule has 0 bridgehead atoms. The Labute approximate surface area is 130 Å². The molecule has 0 aromatic heterocycles. The quantitative estimate of drug-likeness (QED) is 0.653. The highest BCUT2D eigenvalue weighted by atomic mass is 79.9. The van der Waals surface area contributed by atoms with Crippen molar-refractivity contribution >= 4 is 39.0 Å². The number of ketones is 1. The molecule has 2 aromatic rings. The van der Waals surface area contributed by atoms with E-state index in [0.717, 1.165) is 4.47 Å². The Hall–Kier alpha value is -1.36. The van der Waals surface area contributed by atoms with E-state index < -0.39 is 0 Å². The van der Waals surface area contributed by atoms with E-state index in [-0.39, 0.29) is 12.4 Å². The van der Waals surface area contributed by atoms with Gasteiger partial charge in [-0.15, -0.1) is 0 Å². The maximum absolute atomic E-state index is 12.5. The van der Waals surface area contributed by atoms with E-state index in [9.17, 15) is 4.79 Å². The molecule has 0 radical (unpaired) electrons. The topological polar surface area (TPSA) is 63.3 Å². The monoisotopic (exact) mass is 353 g/mol. The average Bonchev–Trinajstić information content (AvgIpc) is 2.43. The SMILES string of the molecule is Nc1c(CCO)cc(Cl)cc1C(=O)c1ccc(Br)cc1. The molecular formula is C15H13BrClNO2. The van der Waals surface area contributed by atoms with Crippen molar-refractivity contribution in [3.05, 3.63) is 62.6 Å². The summed E-state index contributed by atoms with van der Waals surface area (Å²) in [5.41, 5.74) is 7.96. The Morgan fingerprint density at radius 2 is 1.90 bits per heavy atom. The van der Waals surface area contributed by atoms with E-state index in [1.807, 2.05) is 0 Å². The Bertz CT molecular complexity index is 641. The Morgan fingerprint density at radius 1 is 1.25 bits per heavy atom. The van der Waals surface area contributed by atoms with E-state index in [0.29, 0.717) is 33.8 Å². The molecule has 0 spiro atoms. The lowest BCUT2D eigenvalue weighted by molar-refractivity contribution is 0.103. The molecule has 3 N–H and O–H groups in total. The van der Waals surface area contributed by atoms with E-state index in [2.05, 4.69) is 15.9 Å². The van der Waals surface area contributed by atoms with E-state index in [4.69, 9.17) is 22.4 Å². The van der Waals surface area contributed by atoms with E-state index >= 15 is 0 Å². The van der Waals surface area contributed by atoms with Gasteiger partial charge in [0.1, 0.15) is 0 Å². The number of hydrogen-bond acceptors (Lipinski definition) is 3. The summed E-state index contributed by atoms with van der Waals surface area (Å²) in [7, 11) is 0. The first kappa shape index (κ1) is 15.0. The molecule has 0 saturated heterocycles. The molecule has 0 unspecified atom stereocenters. The molecule has 2 aromatic carbocycles. The van der Waals surface area contributed by atoms with E-state index in [1.165, 1.54) is 0 Å². The van der Waals surface area contributed by atoms with Gasteiger partial charge < -0.3 is 10.8 Å². The van der Waals surface area contributed by atoms with Crippen LogP contribution in [0.4, 0.5) is 5.69 Å². The number of carbonyl (C=O) groups is 1. The zero-order valence-corrected chi connectivity index (χ0v) is 12.9. The minimum Gasteiger partial charge on any atom is -0.398 e. The van der Waals surface area contributed by atoms with Gasteiger partial charge in [0, 0.05) is 32.9 Å². The van der Waals surface area contributed by atoms with Crippen LogP contribution < -0.4 is 5.73 Å². The second-order valence-corrected chi connectivity index (χ2v) is 5.69. The van der Waals surface area contributed by atoms with Crippen LogP contribution in [0.3, 0.4) is 0 Å². The Kier molecular flexibility index (Phi) is 4.81. The van der Waals surface area contributed by atoms with Crippen molar-refractivity contribution in [1.82, 2.24) is 0 Å². The molecule has 0 saturated carbocycles. The minimum absolute atomic E-state index is 0.0452. The van der Waals surface area contributed by atoms with Crippen LogP contribution in [0.5, 0.6) is 0 Å². The lowest BCUT2D eigenvalue weighted by Gasteiger charge is -2.11. The molecule has 0 amide bonds. The number of aliphatic hydroxyl groups is 1. The molecule has 20 heavy (non-hydrogen) atoms. The van der Waals surface area contributed by atoms with Gasteiger partial charge in [-0.25, -0.2) is 0 Å². The maximum Gasteiger partial charge on any atom is 0.195 e. The summed E-state index contributed by atoms with van der Waals surface area (Å²) in [5, 5.41) is 9.46. The van der Waals surface area contributed by atoms with Gasteiger partial charge in [-0.05, 0) is 48.4 Å². The maximum atomic E-state index is 12.5. The Balaban J connectivity index is 2.46. The molecule has 0 aliphatic heterocycles. The van der Waals surface area contributed by atoms with Crippen molar-refractivity contribution in [3.8, 4) is 0 Å². The fourth-order valence-corrected chi connectivity index (χ4v) is 2.45. The predicted octanol–water partition coefficient (Wildman–Crippen LogP) is 3.45. The smallest absolute Gasteiger partial charge is 0.195 e. The first-order chi connectivity index (χ1) is 9.52. The van der Waals surface area contributed by atoms with Crippen LogP contribution >= 0.6 is 27.5 Å². The average molecular weight is 355 g/mol. The molecule has 5 heteroatoms. The number of nitrogen functional groups attached to an aromatic ring is 1. The highest BCUT2D eigenvalue weighted by molar-refractivity contribution is 9.10. The molecular weight excluding hydrogens is 342 g/mol. The second-order valence-electron chi connectivity index (χ2n) is 4.34. The summed E-state index contributed by atoms with van der Waals surface area (Å²) >= 11 is 9.34. The molecule has 3 nitrogen and oxygen atoms in total. The Morgan fingerprint density at radius 3 is 2.50 bits per heavy atom. The van der Waals surface area contributed by atoms with Crippen LogP contribution in [0.25, 0.3) is 0 Å². The summed E-state index contributed by atoms with van der Waals surface area (Å²) < 4.78 is 0.897. The van der Waals surface area contributed by atoms with Crippen molar-refractivity contribution in [1.29, 1.82) is 0 Å². The lowest BCUT2D eigenvalue weighted by atomic mass is 9.98.